The average molecular weight is 390 g/mol. The van der Waals surface area contributed by atoms with Crippen LogP contribution in [0.4, 0.5) is 5.95 Å². The standard InChI is InChI=1S/C21H22N6O2/c1-13-3-2-4-18-23-11-16(20(29)27(13)18)19(28)24-15-8-10-26(12-15)21-22-9-7-17(25-21)14-5-6-14/h2-4,7,9,11,14-15H,5-6,8,10,12H2,1H3,(H,24,28). The maximum Gasteiger partial charge on any atom is 0.270 e. The van der Waals surface area contributed by atoms with E-state index in [1.54, 1.807) is 6.07 Å². The van der Waals surface area contributed by atoms with Gasteiger partial charge in [-0.25, -0.2) is 15.0 Å². The highest BCUT2D eigenvalue weighted by Gasteiger charge is 2.29. The lowest BCUT2D eigenvalue weighted by Gasteiger charge is -2.17. The van der Waals surface area contributed by atoms with Crippen LogP contribution in [0.3, 0.4) is 0 Å². The summed E-state index contributed by atoms with van der Waals surface area (Å²) in [6, 6.07) is 7.33. The van der Waals surface area contributed by atoms with Gasteiger partial charge in [0, 0.05) is 48.8 Å². The number of carbonyl (C=O) groups excluding carboxylic acids is 1. The van der Waals surface area contributed by atoms with Gasteiger partial charge in [-0.05, 0) is 44.4 Å². The fourth-order valence-corrected chi connectivity index (χ4v) is 3.87. The first kappa shape index (κ1) is 17.8. The molecule has 29 heavy (non-hydrogen) atoms. The third-order valence-electron chi connectivity index (χ3n) is 5.63. The summed E-state index contributed by atoms with van der Waals surface area (Å²) >= 11 is 0. The van der Waals surface area contributed by atoms with Crippen LogP contribution in [0.2, 0.25) is 0 Å². The number of aromatic nitrogens is 4. The fraction of sp³-hybridized carbons (Fsp3) is 0.381. The van der Waals surface area contributed by atoms with Gasteiger partial charge in [-0.3, -0.25) is 14.0 Å². The van der Waals surface area contributed by atoms with Gasteiger partial charge in [-0.1, -0.05) is 6.07 Å². The van der Waals surface area contributed by atoms with Crippen LogP contribution in [0.5, 0.6) is 0 Å². The molecule has 148 valence electrons. The van der Waals surface area contributed by atoms with Crippen LogP contribution in [-0.2, 0) is 0 Å². The van der Waals surface area contributed by atoms with Crippen LogP contribution in [0.1, 0.15) is 46.9 Å². The second-order valence-electron chi connectivity index (χ2n) is 7.80. The lowest BCUT2D eigenvalue weighted by atomic mass is 10.2. The van der Waals surface area contributed by atoms with E-state index >= 15 is 0 Å². The molecule has 0 bridgehead atoms. The van der Waals surface area contributed by atoms with Gasteiger partial charge >= 0.3 is 0 Å². The molecule has 8 heteroatoms. The van der Waals surface area contributed by atoms with E-state index < -0.39 is 0 Å². The second kappa shape index (κ2) is 6.95. The molecule has 1 unspecified atom stereocenters. The molecule has 0 spiro atoms. The van der Waals surface area contributed by atoms with Crippen LogP contribution in [0.15, 0.2) is 41.5 Å². The largest absolute Gasteiger partial charge is 0.347 e. The molecular formula is C21H22N6O2. The molecular weight excluding hydrogens is 368 g/mol. The van der Waals surface area contributed by atoms with E-state index in [-0.39, 0.29) is 23.1 Å². The molecule has 1 aliphatic carbocycles. The molecule has 0 radical (unpaired) electrons. The van der Waals surface area contributed by atoms with Crippen LogP contribution in [-0.4, -0.2) is 44.4 Å². The van der Waals surface area contributed by atoms with Gasteiger partial charge in [0.25, 0.3) is 11.5 Å². The molecule has 1 saturated heterocycles. The number of nitrogens with one attached hydrogen (secondary N) is 1. The van der Waals surface area contributed by atoms with Crippen molar-refractivity contribution in [2.24, 2.45) is 0 Å². The van der Waals surface area contributed by atoms with Gasteiger partial charge in [0.2, 0.25) is 5.95 Å². The summed E-state index contributed by atoms with van der Waals surface area (Å²) in [6.45, 7) is 3.22. The summed E-state index contributed by atoms with van der Waals surface area (Å²) < 4.78 is 1.47. The number of anilines is 1. The maximum absolute atomic E-state index is 12.8. The first-order valence-corrected chi connectivity index (χ1v) is 9.96. The van der Waals surface area contributed by atoms with Crippen molar-refractivity contribution < 1.29 is 4.79 Å². The molecule has 4 heterocycles. The highest BCUT2D eigenvalue weighted by Crippen LogP contribution is 2.39. The molecule has 0 aromatic carbocycles. The summed E-state index contributed by atoms with van der Waals surface area (Å²) in [7, 11) is 0. The average Bonchev–Trinajstić information content (AvgIpc) is 3.47. The number of fused-ring (bicyclic) bond motifs is 1. The molecule has 1 amide bonds. The summed E-state index contributed by atoms with van der Waals surface area (Å²) in [5.74, 6) is 0.903. The van der Waals surface area contributed by atoms with Crippen molar-refractivity contribution >= 4 is 17.5 Å². The van der Waals surface area contributed by atoms with Crippen molar-refractivity contribution in [2.45, 2.75) is 38.1 Å². The first-order valence-electron chi connectivity index (χ1n) is 9.96. The quantitative estimate of drug-likeness (QED) is 0.729. The number of carbonyl (C=O) groups is 1. The van der Waals surface area contributed by atoms with Gasteiger partial charge in [0.05, 0.1) is 0 Å². The van der Waals surface area contributed by atoms with Crippen molar-refractivity contribution in [2.75, 3.05) is 18.0 Å². The molecule has 1 saturated carbocycles. The van der Waals surface area contributed by atoms with E-state index in [9.17, 15) is 9.59 Å². The van der Waals surface area contributed by atoms with E-state index in [1.165, 1.54) is 23.4 Å². The van der Waals surface area contributed by atoms with E-state index in [0.717, 1.165) is 24.4 Å². The number of nitrogens with zero attached hydrogens (tertiary/aromatic N) is 5. The van der Waals surface area contributed by atoms with Crippen LogP contribution in [0.25, 0.3) is 5.65 Å². The third-order valence-corrected chi connectivity index (χ3v) is 5.63. The smallest absolute Gasteiger partial charge is 0.270 e. The Morgan fingerprint density at radius 2 is 2.03 bits per heavy atom. The Morgan fingerprint density at radius 1 is 1.17 bits per heavy atom. The lowest BCUT2D eigenvalue weighted by molar-refractivity contribution is 0.0938. The van der Waals surface area contributed by atoms with Crippen molar-refractivity contribution in [3.05, 3.63) is 64.0 Å². The van der Waals surface area contributed by atoms with Crippen LogP contribution in [0, 0.1) is 6.92 Å². The monoisotopic (exact) mass is 390 g/mol. The molecule has 8 nitrogen and oxygen atoms in total. The molecule has 2 aliphatic rings. The van der Waals surface area contributed by atoms with Gasteiger partial charge in [0.15, 0.2) is 0 Å². The minimum atomic E-state index is -0.389. The van der Waals surface area contributed by atoms with E-state index in [2.05, 4.69) is 25.2 Å². The van der Waals surface area contributed by atoms with Gasteiger partial charge in [0.1, 0.15) is 11.2 Å². The highest BCUT2D eigenvalue weighted by atomic mass is 16.2. The number of hydrogen-bond acceptors (Lipinski definition) is 6. The molecule has 1 atom stereocenters. The van der Waals surface area contributed by atoms with Crippen molar-refractivity contribution in [1.29, 1.82) is 0 Å². The third kappa shape index (κ3) is 3.35. The summed E-state index contributed by atoms with van der Waals surface area (Å²) in [6.07, 6.45) is 6.35. The first-order chi connectivity index (χ1) is 14.1. The zero-order valence-corrected chi connectivity index (χ0v) is 16.2. The van der Waals surface area contributed by atoms with E-state index in [4.69, 9.17) is 0 Å². The minimum Gasteiger partial charge on any atom is -0.347 e. The zero-order valence-electron chi connectivity index (χ0n) is 16.2. The Balaban J connectivity index is 1.31. The van der Waals surface area contributed by atoms with E-state index in [1.807, 2.05) is 31.3 Å². The SMILES string of the molecule is Cc1cccc2ncc(C(=O)NC3CCN(c4nccc(C5CC5)n4)C3)c(=O)n12. The zero-order chi connectivity index (χ0) is 20.0. The Kier molecular flexibility index (Phi) is 4.26. The lowest BCUT2D eigenvalue weighted by Crippen LogP contribution is -2.40. The molecule has 3 aromatic rings. The van der Waals surface area contributed by atoms with Crippen molar-refractivity contribution in [3.8, 4) is 0 Å². The predicted octanol–water partition coefficient (Wildman–Crippen LogP) is 1.68. The number of rotatable bonds is 4. The molecule has 5 rings (SSSR count). The Labute approximate surface area is 167 Å². The molecule has 3 aromatic heterocycles. The second-order valence-corrected chi connectivity index (χ2v) is 7.80. The number of hydrogen-bond donors (Lipinski definition) is 1. The Morgan fingerprint density at radius 3 is 2.86 bits per heavy atom. The van der Waals surface area contributed by atoms with Crippen LogP contribution < -0.4 is 15.8 Å². The van der Waals surface area contributed by atoms with Crippen LogP contribution >= 0.6 is 0 Å². The highest BCUT2D eigenvalue weighted by molar-refractivity contribution is 5.94. The number of amides is 1. The molecule has 1 N–H and O–H groups in total. The molecule has 1 aliphatic heterocycles. The van der Waals surface area contributed by atoms with Gasteiger partial charge in [-0.2, -0.15) is 0 Å². The number of pyridine rings is 1. The Hall–Kier alpha value is -3.29. The Bertz CT molecular complexity index is 1150. The van der Waals surface area contributed by atoms with Gasteiger partial charge in [-0.15, -0.1) is 0 Å². The number of aryl methyl sites for hydroxylation is 1. The fourth-order valence-electron chi connectivity index (χ4n) is 3.87. The van der Waals surface area contributed by atoms with Gasteiger partial charge < -0.3 is 10.2 Å². The van der Waals surface area contributed by atoms with Crippen molar-refractivity contribution in [1.82, 2.24) is 24.7 Å². The molecule has 2 fully saturated rings. The maximum atomic E-state index is 12.8. The van der Waals surface area contributed by atoms with E-state index in [0.29, 0.717) is 24.1 Å². The summed E-state index contributed by atoms with van der Waals surface area (Å²) in [4.78, 5) is 41.0. The summed E-state index contributed by atoms with van der Waals surface area (Å²) in [5, 5.41) is 2.98. The predicted molar refractivity (Wildman–Crippen MR) is 108 cm³/mol. The van der Waals surface area contributed by atoms with Crippen molar-refractivity contribution in [3.63, 3.8) is 0 Å². The topological polar surface area (TPSA) is 92.5 Å². The summed E-state index contributed by atoms with van der Waals surface area (Å²) in [5.41, 5.74) is 2.09. The minimum absolute atomic E-state index is 0.0576. The normalized spacial score (nSPS) is 18.9.